The van der Waals surface area contributed by atoms with E-state index in [4.69, 9.17) is 5.84 Å². The lowest BCUT2D eigenvalue weighted by atomic mass is 10.0. The highest BCUT2D eigenvalue weighted by Crippen LogP contribution is 2.29. The van der Waals surface area contributed by atoms with Crippen LogP contribution in [0.3, 0.4) is 0 Å². The molecule has 0 bridgehead atoms. The first-order chi connectivity index (χ1) is 6.92. The fraction of sp³-hybridized carbons (Fsp3) is 0.333. The van der Waals surface area contributed by atoms with Crippen molar-refractivity contribution in [2.75, 3.05) is 0 Å². The van der Waals surface area contributed by atoms with Crippen LogP contribution in [0, 0.1) is 5.82 Å². The van der Waals surface area contributed by atoms with E-state index >= 15 is 0 Å². The van der Waals surface area contributed by atoms with Gasteiger partial charge in [0.25, 0.3) is 0 Å². The van der Waals surface area contributed by atoms with Gasteiger partial charge in [-0.25, -0.2) is 4.39 Å². The van der Waals surface area contributed by atoms with Crippen molar-refractivity contribution in [3.8, 4) is 0 Å². The van der Waals surface area contributed by atoms with Crippen molar-refractivity contribution < 1.29 is 17.6 Å². The molecule has 0 fully saturated rings. The smallest absolute Gasteiger partial charge is 0.271 e. The van der Waals surface area contributed by atoms with Crippen molar-refractivity contribution in [3.63, 3.8) is 0 Å². The standard InChI is InChI=1S/C9H10F4N2/c10-7-3-1-2-6(4-7)8(15-14)5-9(11,12)13/h1-4,8,15H,5,14H2. The molecule has 0 saturated carbocycles. The van der Waals surface area contributed by atoms with Gasteiger partial charge >= 0.3 is 6.18 Å². The van der Waals surface area contributed by atoms with Gasteiger partial charge in [-0.3, -0.25) is 11.3 Å². The Labute approximate surface area is 84.0 Å². The molecule has 84 valence electrons. The normalized spacial score (nSPS) is 13.9. The predicted molar refractivity (Wildman–Crippen MR) is 47.1 cm³/mol. The molecular weight excluding hydrogens is 212 g/mol. The van der Waals surface area contributed by atoms with E-state index in [1.54, 1.807) is 0 Å². The maximum atomic E-state index is 12.7. The lowest BCUT2D eigenvalue weighted by Gasteiger charge is -2.17. The van der Waals surface area contributed by atoms with Gasteiger partial charge in [-0.1, -0.05) is 12.1 Å². The predicted octanol–water partition coefficient (Wildman–Crippen LogP) is 2.28. The zero-order chi connectivity index (χ0) is 11.5. The van der Waals surface area contributed by atoms with Crippen LogP contribution in [-0.2, 0) is 0 Å². The second-order valence-corrected chi connectivity index (χ2v) is 3.09. The van der Waals surface area contributed by atoms with Crippen LogP contribution in [0.2, 0.25) is 0 Å². The third kappa shape index (κ3) is 3.85. The number of hydrazine groups is 1. The number of hydrogen-bond donors (Lipinski definition) is 2. The van der Waals surface area contributed by atoms with E-state index < -0.39 is 24.5 Å². The van der Waals surface area contributed by atoms with Crippen LogP contribution < -0.4 is 11.3 Å². The molecule has 0 aromatic heterocycles. The summed E-state index contributed by atoms with van der Waals surface area (Å²) >= 11 is 0. The van der Waals surface area contributed by atoms with Crippen molar-refractivity contribution in [1.82, 2.24) is 5.43 Å². The summed E-state index contributed by atoms with van der Waals surface area (Å²) in [5, 5.41) is 0. The molecule has 0 aliphatic rings. The van der Waals surface area contributed by atoms with Gasteiger partial charge in [0.15, 0.2) is 0 Å². The Balaban J connectivity index is 2.83. The molecule has 1 unspecified atom stereocenters. The minimum atomic E-state index is -4.34. The van der Waals surface area contributed by atoms with Crippen LogP contribution in [-0.4, -0.2) is 6.18 Å². The zero-order valence-corrected chi connectivity index (χ0v) is 7.68. The van der Waals surface area contributed by atoms with Crippen molar-refractivity contribution >= 4 is 0 Å². The maximum absolute atomic E-state index is 12.7. The van der Waals surface area contributed by atoms with Crippen LogP contribution in [0.15, 0.2) is 24.3 Å². The van der Waals surface area contributed by atoms with E-state index in [1.165, 1.54) is 12.1 Å². The highest BCUT2D eigenvalue weighted by atomic mass is 19.4. The van der Waals surface area contributed by atoms with Gasteiger partial charge in [0, 0.05) is 0 Å². The highest BCUT2D eigenvalue weighted by Gasteiger charge is 2.32. The number of nitrogens with one attached hydrogen (secondary N) is 1. The van der Waals surface area contributed by atoms with Gasteiger partial charge in [-0.05, 0) is 17.7 Å². The van der Waals surface area contributed by atoms with Crippen LogP contribution in [0.5, 0.6) is 0 Å². The molecule has 1 rings (SSSR count). The molecule has 1 aromatic carbocycles. The molecule has 0 saturated heterocycles. The average Bonchev–Trinajstić information content (AvgIpc) is 2.13. The number of halogens is 4. The lowest BCUT2D eigenvalue weighted by Crippen LogP contribution is -2.31. The summed E-state index contributed by atoms with van der Waals surface area (Å²) in [6.45, 7) is 0. The van der Waals surface area contributed by atoms with Gasteiger partial charge in [0.1, 0.15) is 5.82 Å². The van der Waals surface area contributed by atoms with Crippen molar-refractivity contribution in [3.05, 3.63) is 35.6 Å². The second kappa shape index (κ2) is 4.59. The number of rotatable bonds is 3. The molecular formula is C9H10F4N2. The zero-order valence-electron chi connectivity index (χ0n) is 7.68. The van der Waals surface area contributed by atoms with Gasteiger partial charge in [-0.15, -0.1) is 0 Å². The summed E-state index contributed by atoms with van der Waals surface area (Å²) in [5.41, 5.74) is 2.19. The monoisotopic (exact) mass is 222 g/mol. The Morgan fingerprint density at radius 2 is 2.00 bits per heavy atom. The molecule has 0 aliphatic carbocycles. The first-order valence-electron chi connectivity index (χ1n) is 4.21. The number of nitrogens with two attached hydrogens (primary N) is 1. The topological polar surface area (TPSA) is 38.0 Å². The first kappa shape index (κ1) is 11.9. The quantitative estimate of drug-likeness (QED) is 0.467. The third-order valence-electron chi connectivity index (χ3n) is 1.89. The molecule has 0 spiro atoms. The highest BCUT2D eigenvalue weighted by molar-refractivity contribution is 5.20. The third-order valence-corrected chi connectivity index (χ3v) is 1.89. The maximum Gasteiger partial charge on any atom is 0.390 e. The number of hydrogen-bond acceptors (Lipinski definition) is 2. The Kier molecular flexibility index (Phi) is 3.65. The van der Waals surface area contributed by atoms with E-state index in [0.29, 0.717) is 0 Å². The van der Waals surface area contributed by atoms with Crippen LogP contribution >= 0.6 is 0 Å². The molecule has 0 aliphatic heterocycles. The van der Waals surface area contributed by atoms with Crippen LogP contribution in [0.1, 0.15) is 18.0 Å². The summed E-state index contributed by atoms with van der Waals surface area (Å²) in [4.78, 5) is 0. The molecule has 15 heavy (non-hydrogen) atoms. The van der Waals surface area contributed by atoms with Crippen molar-refractivity contribution in [2.24, 2.45) is 5.84 Å². The fourth-order valence-corrected chi connectivity index (χ4v) is 1.23. The Morgan fingerprint density at radius 1 is 1.33 bits per heavy atom. The summed E-state index contributed by atoms with van der Waals surface area (Å²) in [6.07, 6.45) is -5.48. The number of alkyl halides is 3. The summed E-state index contributed by atoms with van der Waals surface area (Å²) in [6, 6.07) is 3.78. The van der Waals surface area contributed by atoms with E-state index in [1.807, 2.05) is 5.43 Å². The molecule has 0 amide bonds. The minimum absolute atomic E-state index is 0.176. The average molecular weight is 222 g/mol. The second-order valence-electron chi connectivity index (χ2n) is 3.09. The molecule has 0 heterocycles. The van der Waals surface area contributed by atoms with E-state index in [-0.39, 0.29) is 5.56 Å². The van der Waals surface area contributed by atoms with E-state index in [0.717, 1.165) is 12.1 Å². The van der Waals surface area contributed by atoms with Crippen LogP contribution in [0.25, 0.3) is 0 Å². The molecule has 0 radical (unpaired) electrons. The molecule has 6 heteroatoms. The van der Waals surface area contributed by atoms with E-state index in [9.17, 15) is 17.6 Å². The molecule has 3 N–H and O–H groups in total. The Bertz CT molecular complexity index is 324. The Morgan fingerprint density at radius 3 is 2.47 bits per heavy atom. The Hall–Kier alpha value is -1.14. The number of benzene rings is 1. The summed E-state index contributed by atoms with van der Waals surface area (Å²) in [7, 11) is 0. The minimum Gasteiger partial charge on any atom is -0.271 e. The summed E-state index contributed by atoms with van der Waals surface area (Å²) < 4.78 is 49.0. The SMILES string of the molecule is NNC(CC(F)(F)F)c1cccc(F)c1. The van der Waals surface area contributed by atoms with Crippen LogP contribution in [0.4, 0.5) is 17.6 Å². The molecule has 1 aromatic rings. The van der Waals surface area contributed by atoms with Gasteiger partial charge in [-0.2, -0.15) is 13.2 Å². The van der Waals surface area contributed by atoms with Gasteiger partial charge < -0.3 is 0 Å². The summed E-state index contributed by atoms with van der Waals surface area (Å²) in [5.74, 6) is 4.40. The molecule has 1 atom stereocenters. The molecule has 2 nitrogen and oxygen atoms in total. The van der Waals surface area contributed by atoms with Crippen molar-refractivity contribution in [2.45, 2.75) is 18.6 Å². The first-order valence-corrected chi connectivity index (χ1v) is 4.21. The van der Waals surface area contributed by atoms with Gasteiger partial charge in [0.05, 0.1) is 12.5 Å². The van der Waals surface area contributed by atoms with E-state index in [2.05, 4.69) is 0 Å². The van der Waals surface area contributed by atoms with Crippen molar-refractivity contribution in [1.29, 1.82) is 0 Å². The van der Waals surface area contributed by atoms with Gasteiger partial charge in [0.2, 0.25) is 0 Å². The lowest BCUT2D eigenvalue weighted by molar-refractivity contribution is -0.140. The largest absolute Gasteiger partial charge is 0.390 e. The fourth-order valence-electron chi connectivity index (χ4n) is 1.23.